The topological polar surface area (TPSA) is 252 Å². The van der Waals surface area contributed by atoms with Gasteiger partial charge in [0.2, 0.25) is 29.5 Å². The van der Waals surface area contributed by atoms with Gasteiger partial charge in [-0.1, -0.05) is 149 Å². The highest BCUT2D eigenvalue weighted by Crippen LogP contribution is 2.34. The first-order valence-corrected chi connectivity index (χ1v) is 45.7. The van der Waals surface area contributed by atoms with Gasteiger partial charge in [-0.15, -0.1) is 0 Å². The van der Waals surface area contributed by atoms with Crippen LogP contribution >= 0.6 is 0 Å². The molecule has 0 atom stereocenters. The number of carbonyl (C=O) groups is 5. The number of carbonyl (C=O) groups excluding carboxylic acids is 5. The maximum Gasteiger partial charge on any atom is 0.228 e. The molecular formula is C105H130N20O5. The number of likely N-dealkylation sites (N-methyl/N-ethyl adjacent to an activating group) is 5. The van der Waals surface area contributed by atoms with E-state index in [0.717, 1.165) is 169 Å². The van der Waals surface area contributed by atoms with E-state index in [1.165, 1.54) is 27.8 Å². The third kappa shape index (κ3) is 22.4. The Balaban J connectivity index is 0.000000157. The molecule has 0 fully saturated rings. The summed E-state index contributed by atoms with van der Waals surface area (Å²) < 4.78 is 9.24. The second-order valence-electron chi connectivity index (χ2n) is 33.6. The first-order valence-electron chi connectivity index (χ1n) is 45.7. The summed E-state index contributed by atoms with van der Waals surface area (Å²) in [5.74, 6) is 0.514. The van der Waals surface area contributed by atoms with Crippen molar-refractivity contribution in [2.75, 3.05) is 65.4 Å². The molecule has 5 amide bonds. The number of fused-ring (bicyclic) bond motifs is 5. The number of rotatable bonds is 25. The molecule has 0 saturated carbocycles. The number of aromatic nitrogens is 15. The minimum Gasteiger partial charge on any atom is -0.343 e. The average molecular weight is 1750 g/mol. The van der Waals surface area contributed by atoms with Crippen molar-refractivity contribution in [3.63, 3.8) is 0 Å². The summed E-state index contributed by atoms with van der Waals surface area (Å²) in [7, 11) is 0. The van der Waals surface area contributed by atoms with E-state index in [0.29, 0.717) is 97.6 Å². The molecule has 0 aliphatic carbocycles. The first-order chi connectivity index (χ1) is 62.2. The predicted molar refractivity (Wildman–Crippen MR) is 521 cm³/mol. The lowest BCUT2D eigenvalue weighted by atomic mass is 10.1. The van der Waals surface area contributed by atoms with Crippen molar-refractivity contribution < 1.29 is 24.0 Å². The lowest BCUT2D eigenvalue weighted by Gasteiger charge is -2.18. The highest BCUT2D eigenvalue weighted by atomic mass is 16.2. The fourth-order valence-electron chi connectivity index (χ4n) is 16.5. The van der Waals surface area contributed by atoms with Gasteiger partial charge >= 0.3 is 0 Å². The average Bonchev–Trinajstić information content (AvgIpc) is 1.64. The Morgan fingerprint density at radius 3 is 0.469 bits per heavy atom. The number of benzene rings is 5. The molecular weight excluding hydrogens is 1620 g/mol. The van der Waals surface area contributed by atoms with Gasteiger partial charge in [-0.2, -0.15) is 25.5 Å². The summed E-state index contributed by atoms with van der Waals surface area (Å²) in [6.07, 6.45) is 1.47. The van der Waals surface area contributed by atoms with Crippen LogP contribution in [-0.2, 0) is 56.1 Å². The van der Waals surface area contributed by atoms with E-state index in [4.69, 9.17) is 24.9 Å². The zero-order valence-corrected chi connectivity index (χ0v) is 81.0. The van der Waals surface area contributed by atoms with Gasteiger partial charge in [0.1, 0.15) is 0 Å². The van der Waals surface area contributed by atoms with E-state index >= 15 is 0 Å². The van der Waals surface area contributed by atoms with Crippen LogP contribution in [0, 0.1) is 104 Å². The highest BCUT2D eigenvalue weighted by Gasteiger charge is 2.29. The molecule has 5 aromatic carbocycles. The SMILES string of the molecule is CCN(CC)C(=O)Cc1c(-c2ccc(C)cc2)nc2c(C)cc(C)nn12.CCN(CC)C(=O)Cc1c(-c2ccc(C)cc2)nc2c(C)cc(C)nn12.CCN(CC)C(=O)Cc1c(-c2ccc(C)cc2)nc2c(C)cc(C)nn12.CCN(CC)C(=O)Cc1c(-c2ccc(C)cc2)nc2c(C)cc(C)nn12.CCN(CC)C(=O)Cc1c(-c2ccc(C)cc2)nc2c(C)cc(C)nn12. The van der Waals surface area contributed by atoms with Crippen LogP contribution in [0.3, 0.4) is 0 Å². The molecule has 25 nitrogen and oxygen atoms in total. The zero-order valence-electron chi connectivity index (χ0n) is 81.0. The van der Waals surface area contributed by atoms with Gasteiger partial charge in [0, 0.05) is 93.3 Å². The molecule has 680 valence electrons. The molecule has 0 saturated heterocycles. The highest BCUT2D eigenvalue weighted by molar-refractivity contribution is 5.86. The summed E-state index contributed by atoms with van der Waals surface area (Å²) in [4.78, 5) is 97.4. The lowest BCUT2D eigenvalue weighted by Crippen LogP contribution is -2.32. The molecule has 0 spiro atoms. The molecule has 0 radical (unpaired) electrons. The Kier molecular flexibility index (Phi) is 32.6. The molecule has 15 aromatic rings. The van der Waals surface area contributed by atoms with Crippen LogP contribution < -0.4 is 0 Å². The molecule has 25 heteroatoms. The van der Waals surface area contributed by atoms with E-state index in [1.807, 2.05) is 216 Å². The molecule has 10 aromatic heterocycles. The molecule has 0 aliphatic rings. The van der Waals surface area contributed by atoms with Gasteiger partial charge in [0.05, 0.1) is 118 Å². The van der Waals surface area contributed by atoms with E-state index in [9.17, 15) is 24.0 Å². The van der Waals surface area contributed by atoms with Gasteiger partial charge in [-0.3, -0.25) is 24.0 Å². The molecule has 10 heterocycles. The second-order valence-corrected chi connectivity index (χ2v) is 33.6. The molecule has 0 bridgehead atoms. The zero-order chi connectivity index (χ0) is 94.2. The van der Waals surface area contributed by atoms with Crippen LogP contribution in [0.1, 0.15) is 182 Å². The van der Waals surface area contributed by atoms with Crippen LogP contribution in [0.15, 0.2) is 152 Å². The number of nitrogens with zero attached hydrogens (tertiary/aromatic N) is 20. The van der Waals surface area contributed by atoms with Crippen molar-refractivity contribution in [3.05, 3.63) is 264 Å². The maximum atomic E-state index is 12.8. The van der Waals surface area contributed by atoms with Gasteiger partial charge < -0.3 is 24.5 Å². The summed E-state index contributed by atoms with van der Waals surface area (Å²) in [5, 5.41) is 23.2. The Labute approximate surface area is 766 Å². The Morgan fingerprint density at radius 2 is 0.346 bits per heavy atom. The fraction of sp³-hybridized carbons (Fsp3) is 0.381. The quantitative estimate of drug-likeness (QED) is 0.0516. The number of amides is 5. The molecule has 130 heavy (non-hydrogen) atoms. The van der Waals surface area contributed by atoms with Crippen molar-refractivity contribution in [2.24, 2.45) is 0 Å². The maximum absolute atomic E-state index is 12.8. The summed E-state index contributed by atoms with van der Waals surface area (Å²) in [5.41, 5.74) is 33.5. The standard InChI is InChI=1S/5C21H26N4O/c5*1-6-24(7-2)19(26)13-18-20(17-10-8-14(3)9-11-17)22-21-15(4)12-16(5)23-25(18)21/h5*8-12H,6-7,13H2,1-5H3. The summed E-state index contributed by atoms with van der Waals surface area (Å²) >= 11 is 0. The lowest BCUT2D eigenvalue weighted by molar-refractivity contribution is -0.131. The smallest absolute Gasteiger partial charge is 0.228 e. The molecule has 0 aliphatic heterocycles. The van der Waals surface area contributed by atoms with Crippen LogP contribution in [0.4, 0.5) is 0 Å². The monoisotopic (exact) mass is 1750 g/mol. The van der Waals surface area contributed by atoms with Crippen molar-refractivity contribution in [2.45, 2.75) is 205 Å². The number of hydrogen-bond acceptors (Lipinski definition) is 15. The number of aryl methyl sites for hydroxylation is 15. The van der Waals surface area contributed by atoms with Gasteiger partial charge in [-0.05, 0) is 231 Å². The van der Waals surface area contributed by atoms with Crippen molar-refractivity contribution in [3.8, 4) is 56.3 Å². The van der Waals surface area contributed by atoms with Gasteiger partial charge in [0.25, 0.3) is 0 Å². The van der Waals surface area contributed by atoms with E-state index in [2.05, 4.69) is 181 Å². The Hall–Kier alpha value is -13.5. The first kappa shape index (κ1) is 97.2. The van der Waals surface area contributed by atoms with Crippen molar-refractivity contribution in [1.29, 1.82) is 0 Å². The van der Waals surface area contributed by atoms with Crippen molar-refractivity contribution in [1.82, 2.24) is 97.5 Å². The number of hydrogen-bond donors (Lipinski definition) is 0. The molecule has 15 rings (SSSR count). The third-order valence-corrected chi connectivity index (χ3v) is 23.7. The molecule has 0 unspecified atom stereocenters. The van der Waals surface area contributed by atoms with E-state index in [1.54, 1.807) is 0 Å². The van der Waals surface area contributed by atoms with Gasteiger partial charge in [-0.25, -0.2) is 47.5 Å². The fourth-order valence-corrected chi connectivity index (χ4v) is 16.5. The minimum absolute atomic E-state index is 0.103. The second kappa shape index (κ2) is 43.6. The Bertz CT molecular complexity index is 5600. The summed E-state index contributed by atoms with van der Waals surface area (Å²) in [6.45, 7) is 57.4. The van der Waals surface area contributed by atoms with Crippen LogP contribution in [0.2, 0.25) is 0 Å². The normalized spacial score (nSPS) is 11.1. The number of imidazole rings is 5. The van der Waals surface area contributed by atoms with E-state index < -0.39 is 0 Å². The van der Waals surface area contributed by atoms with Crippen molar-refractivity contribution >= 4 is 57.8 Å². The predicted octanol–water partition coefficient (Wildman–Crippen LogP) is 18.7. The largest absolute Gasteiger partial charge is 0.343 e. The van der Waals surface area contributed by atoms with Crippen LogP contribution in [0.25, 0.3) is 84.5 Å². The van der Waals surface area contributed by atoms with Gasteiger partial charge in [0.15, 0.2) is 28.2 Å². The minimum atomic E-state index is 0.103. The van der Waals surface area contributed by atoms with E-state index in [-0.39, 0.29) is 29.5 Å². The van der Waals surface area contributed by atoms with Crippen LogP contribution in [-0.4, -0.2) is 192 Å². The third-order valence-electron chi connectivity index (χ3n) is 23.7. The summed E-state index contributed by atoms with van der Waals surface area (Å²) in [6, 6.07) is 51.4. The Morgan fingerprint density at radius 1 is 0.215 bits per heavy atom. The van der Waals surface area contributed by atoms with Crippen LogP contribution in [0.5, 0.6) is 0 Å². The molecule has 0 N–H and O–H groups in total.